The summed E-state index contributed by atoms with van der Waals surface area (Å²) >= 11 is 0. The molecule has 168 valence electrons. The van der Waals surface area contributed by atoms with Gasteiger partial charge in [0.05, 0.1) is 0 Å². The highest BCUT2D eigenvalue weighted by molar-refractivity contribution is 5.95. The van der Waals surface area contributed by atoms with Gasteiger partial charge in [0.1, 0.15) is 5.82 Å². The summed E-state index contributed by atoms with van der Waals surface area (Å²) in [7, 11) is 0. The fraction of sp³-hybridized carbons (Fsp3) is 0.476. The number of rotatable bonds is 3. The van der Waals surface area contributed by atoms with Crippen molar-refractivity contribution in [3.8, 4) is 0 Å². The van der Waals surface area contributed by atoms with Crippen molar-refractivity contribution in [3.05, 3.63) is 47.2 Å². The zero-order valence-electron chi connectivity index (χ0n) is 17.2. The van der Waals surface area contributed by atoms with Crippen molar-refractivity contribution in [2.24, 2.45) is 0 Å². The Kier molecular flexibility index (Phi) is 6.93. The predicted molar refractivity (Wildman–Crippen MR) is 115 cm³/mol. The Bertz CT molecular complexity index is 925. The highest BCUT2D eigenvalue weighted by Crippen LogP contribution is 2.32. The van der Waals surface area contributed by atoms with Gasteiger partial charge in [-0.05, 0) is 31.4 Å². The molecule has 0 radical (unpaired) electrons. The Morgan fingerprint density at radius 2 is 1.58 bits per heavy atom. The molecule has 0 N–H and O–H groups in total. The normalized spacial score (nSPS) is 17.0. The van der Waals surface area contributed by atoms with Crippen molar-refractivity contribution in [2.75, 3.05) is 49.1 Å². The number of hydrogen-bond acceptors (Lipinski definition) is 5. The van der Waals surface area contributed by atoms with E-state index in [0.29, 0.717) is 44.8 Å². The molecule has 4 rings (SSSR count). The minimum Gasteiger partial charge on any atom is -0.353 e. The molecule has 1 aromatic heterocycles. The highest BCUT2D eigenvalue weighted by Gasteiger charge is 2.35. The minimum absolute atomic E-state index is 0. The number of hydrogen-bond donors (Lipinski definition) is 0. The van der Waals surface area contributed by atoms with Crippen LogP contribution in [0.3, 0.4) is 0 Å². The molecule has 0 bridgehead atoms. The molecule has 1 aromatic carbocycles. The molecular formula is C21H25ClF3N5O. The number of aromatic nitrogens is 2. The maximum atomic E-state index is 13.4. The standard InChI is InChI=1S/C21H24F3N5O.ClH/c1-15-6-2-3-7-16(15)19(30)28-12-10-27(11-13-28)18-14-17(21(22,23)24)25-20(26-18)29-8-4-5-9-29;/h2-3,6-7,14H,4-5,8-13H2,1H3;1H. The molecule has 2 fully saturated rings. The largest absolute Gasteiger partial charge is 0.433 e. The molecular weight excluding hydrogens is 431 g/mol. The fourth-order valence-electron chi connectivity index (χ4n) is 3.91. The smallest absolute Gasteiger partial charge is 0.353 e. The Morgan fingerprint density at radius 1 is 0.935 bits per heavy atom. The van der Waals surface area contributed by atoms with Crippen molar-refractivity contribution in [3.63, 3.8) is 0 Å². The molecule has 2 aliphatic heterocycles. The van der Waals surface area contributed by atoms with E-state index in [9.17, 15) is 18.0 Å². The first-order valence-corrected chi connectivity index (χ1v) is 10.1. The van der Waals surface area contributed by atoms with Crippen molar-refractivity contribution in [2.45, 2.75) is 25.9 Å². The van der Waals surface area contributed by atoms with Gasteiger partial charge in [0.25, 0.3) is 5.91 Å². The lowest BCUT2D eigenvalue weighted by Gasteiger charge is -2.36. The summed E-state index contributed by atoms with van der Waals surface area (Å²) in [5.41, 5.74) is 0.641. The number of benzene rings is 1. The molecule has 1 amide bonds. The molecule has 2 aromatic rings. The molecule has 10 heteroatoms. The van der Waals surface area contributed by atoms with Crippen molar-refractivity contribution in [1.82, 2.24) is 14.9 Å². The van der Waals surface area contributed by atoms with Crippen LogP contribution in [0.2, 0.25) is 0 Å². The van der Waals surface area contributed by atoms with Crippen molar-refractivity contribution in [1.29, 1.82) is 0 Å². The van der Waals surface area contributed by atoms with E-state index < -0.39 is 11.9 Å². The number of amides is 1. The number of piperazine rings is 1. The maximum absolute atomic E-state index is 13.4. The Balaban J connectivity index is 0.00000272. The third-order valence-electron chi connectivity index (χ3n) is 5.65. The number of nitrogens with zero attached hydrogens (tertiary/aromatic N) is 5. The van der Waals surface area contributed by atoms with E-state index in [1.807, 2.05) is 25.1 Å². The SMILES string of the molecule is Cc1ccccc1C(=O)N1CCN(c2cc(C(F)(F)F)nc(N3CCCC3)n2)CC1.Cl. The minimum atomic E-state index is -4.53. The van der Waals surface area contributed by atoms with Crippen molar-refractivity contribution < 1.29 is 18.0 Å². The second kappa shape index (κ2) is 9.30. The number of aryl methyl sites for hydroxylation is 1. The van der Waals surface area contributed by atoms with E-state index >= 15 is 0 Å². The second-order valence-electron chi connectivity index (χ2n) is 7.70. The zero-order valence-corrected chi connectivity index (χ0v) is 18.0. The quantitative estimate of drug-likeness (QED) is 0.705. The van der Waals surface area contributed by atoms with Gasteiger partial charge in [-0.25, -0.2) is 4.98 Å². The molecule has 2 aliphatic rings. The monoisotopic (exact) mass is 455 g/mol. The summed E-state index contributed by atoms with van der Waals surface area (Å²) in [6.07, 6.45) is -2.68. The lowest BCUT2D eigenvalue weighted by molar-refractivity contribution is -0.141. The average Bonchev–Trinajstić information content (AvgIpc) is 3.28. The number of alkyl halides is 3. The summed E-state index contributed by atoms with van der Waals surface area (Å²) in [5.74, 6) is 0.349. The van der Waals surface area contributed by atoms with Gasteiger partial charge in [-0.2, -0.15) is 18.2 Å². The summed E-state index contributed by atoms with van der Waals surface area (Å²) < 4.78 is 40.2. The Hall–Kier alpha value is -2.55. The molecule has 3 heterocycles. The first-order valence-electron chi connectivity index (χ1n) is 10.1. The second-order valence-corrected chi connectivity index (χ2v) is 7.70. The average molecular weight is 456 g/mol. The van der Waals surface area contributed by atoms with Crippen LogP contribution >= 0.6 is 12.4 Å². The molecule has 31 heavy (non-hydrogen) atoms. The molecule has 0 spiro atoms. The van der Waals surface area contributed by atoms with Crippen LogP contribution in [0.4, 0.5) is 24.9 Å². The maximum Gasteiger partial charge on any atom is 0.433 e. The van der Waals surface area contributed by atoms with Crippen LogP contribution in [0.25, 0.3) is 0 Å². The first kappa shape index (κ1) is 23.1. The van der Waals surface area contributed by atoms with E-state index in [2.05, 4.69) is 9.97 Å². The Labute approximate surface area is 185 Å². The first-order chi connectivity index (χ1) is 14.3. The summed E-state index contributed by atoms with van der Waals surface area (Å²) in [6, 6.07) is 8.42. The van der Waals surface area contributed by atoms with Gasteiger partial charge in [0.15, 0.2) is 5.69 Å². The highest BCUT2D eigenvalue weighted by atomic mass is 35.5. The molecule has 0 unspecified atom stereocenters. The lowest BCUT2D eigenvalue weighted by atomic mass is 10.1. The lowest BCUT2D eigenvalue weighted by Crippen LogP contribution is -2.49. The molecule has 2 saturated heterocycles. The van der Waals surface area contributed by atoms with E-state index in [-0.39, 0.29) is 30.1 Å². The third kappa shape index (κ3) is 5.03. The van der Waals surface area contributed by atoms with Gasteiger partial charge in [-0.15, -0.1) is 12.4 Å². The topological polar surface area (TPSA) is 52.6 Å². The summed E-state index contributed by atoms with van der Waals surface area (Å²) in [6.45, 7) is 4.92. The zero-order chi connectivity index (χ0) is 21.3. The molecule has 0 aliphatic carbocycles. The van der Waals surface area contributed by atoms with Crippen LogP contribution < -0.4 is 9.80 Å². The van der Waals surface area contributed by atoms with E-state index in [1.165, 1.54) is 0 Å². The van der Waals surface area contributed by atoms with Gasteiger partial charge in [0, 0.05) is 50.9 Å². The van der Waals surface area contributed by atoms with Gasteiger partial charge in [0.2, 0.25) is 5.95 Å². The van der Waals surface area contributed by atoms with E-state index in [1.54, 1.807) is 20.8 Å². The molecule has 0 saturated carbocycles. The van der Waals surface area contributed by atoms with Crippen LogP contribution in [-0.4, -0.2) is 60.0 Å². The van der Waals surface area contributed by atoms with E-state index in [0.717, 1.165) is 24.5 Å². The summed E-state index contributed by atoms with van der Waals surface area (Å²) in [5, 5.41) is 0. The number of anilines is 2. The van der Waals surface area contributed by atoms with Gasteiger partial charge < -0.3 is 14.7 Å². The number of halogens is 4. The van der Waals surface area contributed by atoms with Crippen LogP contribution in [-0.2, 0) is 6.18 Å². The van der Waals surface area contributed by atoms with Crippen LogP contribution in [0.5, 0.6) is 0 Å². The molecule has 6 nitrogen and oxygen atoms in total. The van der Waals surface area contributed by atoms with Gasteiger partial charge in [-0.3, -0.25) is 4.79 Å². The summed E-state index contributed by atoms with van der Waals surface area (Å²) in [4.78, 5) is 26.4. The van der Waals surface area contributed by atoms with Gasteiger partial charge >= 0.3 is 6.18 Å². The van der Waals surface area contributed by atoms with E-state index in [4.69, 9.17) is 0 Å². The third-order valence-corrected chi connectivity index (χ3v) is 5.65. The van der Waals surface area contributed by atoms with Crippen LogP contribution in [0.1, 0.15) is 34.5 Å². The Morgan fingerprint density at radius 3 is 2.19 bits per heavy atom. The fourth-order valence-corrected chi connectivity index (χ4v) is 3.91. The predicted octanol–water partition coefficient (Wildman–Crippen LogP) is 3.79. The van der Waals surface area contributed by atoms with Crippen LogP contribution in [0, 0.1) is 6.92 Å². The number of carbonyl (C=O) groups is 1. The van der Waals surface area contributed by atoms with Crippen LogP contribution in [0.15, 0.2) is 30.3 Å². The van der Waals surface area contributed by atoms with Gasteiger partial charge in [-0.1, -0.05) is 18.2 Å². The number of carbonyl (C=O) groups excluding carboxylic acids is 1. The van der Waals surface area contributed by atoms with Crippen molar-refractivity contribution >= 4 is 30.1 Å². The molecule has 0 atom stereocenters.